The molecule has 2 heterocycles. The van der Waals surface area contributed by atoms with Gasteiger partial charge in [-0.2, -0.15) is 0 Å². The molecule has 4 nitrogen and oxygen atoms in total. The summed E-state index contributed by atoms with van der Waals surface area (Å²) in [7, 11) is 0. The molecule has 1 aliphatic rings. The highest BCUT2D eigenvalue weighted by atomic mass is 35.5. The van der Waals surface area contributed by atoms with Crippen LogP contribution in [0, 0.1) is 0 Å². The van der Waals surface area contributed by atoms with Crippen molar-refractivity contribution in [3.05, 3.63) is 34.6 Å². The van der Waals surface area contributed by atoms with Crippen LogP contribution in [-0.2, 0) is 4.79 Å². The van der Waals surface area contributed by atoms with Crippen LogP contribution in [-0.4, -0.2) is 24.0 Å². The predicted molar refractivity (Wildman–Crippen MR) is 63.4 cm³/mol. The molecule has 16 heavy (non-hydrogen) atoms. The van der Waals surface area contributed by atoms with Gasteiger partial charge in [-0.15, -0.1) is 0 Å². The van der Waals surface area contributed by atoms with Gasteiger partial charge in [0.05, 0.1) is 16.9 Å². The smallest absolute Gasteiger partial charge is 0.251 e. The molecule has 0 aromatic carbocycles. The summed E-state index contributed by atoms with van der Waals surface area (Å²) in [4.78, 5) is 15.7. The summed E-state index contributed by atoms with van der Waals surface area (Å²) in [6.45, 7) is 3.40. The molecule has 0 atom stereocenters. The SMILES string of the molecule is CC(C(=O)Nc1cnccc1Cl)=C1CNC1. The van der Waals surface area contributed by atoms with E-state index in [0.29, 0.717) is 10.7 Å². The molecule has 5 heteroatoms. The maximum Gasteiger partial charge on any atom is 0.251 e. The van der Waals surface area contributed by atoms with Gasteiger partial charge in [0.15, 0.2) is 0 Å². The molecule has 1 aliphatic heterocycles. The van der Waals surface area contributed by atoms with Crippen molar-refractivity contribution in [1.29, 1.82) is 0 Å². The predicted octanol–water partition coefficient (Wildman–Crippen LogP) is 1.59. The van der Waals surface area contributed by atoms with Gasteiger partial charge < -0.3 is 10.6 Å². The fourth-order valence-corrected chi connectivity index (χ4v) is 1.51. The molecule has 1 saturated heterocycles. The second-order valence-corrected chi connectivity index (χ2v) is 4.05. The van der Waals surface area contributed by atoms with E-state index in [9.17, 15) is 4.79 Å². The van der Waals surface area contributed by atoms with Gasteiger partial charge in [-0.25, -0.2) is 0 Å². The summed E-state index contributed by atoms with van der Waals surface area (Å²) >= 11 is 5.92. The van der Waals surface area contributed by atoms with Crippen molar-refractivity contribution in [1.82, 2.24) is 10.3 Å². The van der Waals surface area contributed by atoms with Crippen molar-refractivity contribution in [2.45, 2.75) is 6.92 Å². The van der Waals surface area contributed by atoms with Crippen molar-refractivity contribution in [2.24, 2.45) is 0 Å². The van der Waals surface area contributed by atoms with Crippen molar-refractivity contribution in [3.8, 4) is 0 Å². The van der Waals surface area contributed by atoms with Crippen LogP contribution in [0.3, 0.4) is 0 Å². The van der Waals surface area contributed by atoms with Crippen molar-refractivity contribution >= 4 is 23.2 Å². The molecule has 1 aromatic rings. The van der Waals surface area contributed by atoms with Gasteiger partial charge in [-0.05, 0) is 18.6 Å². The van der Waals surface area contributed by atoms with Gasteiger partial charge in [0.2, 0.25) is 0 Å². The highest BCUT2D eigenvalue weighted by Gasteiger charge is 2.16. The molecule has 2 N–H and O–H groups in total. The number of pyridine rings is 1. The minimum Gasteiger partial charge on any atom is -0.320 e. The molecule has 0 spiro atoms. The third kappa shape index (κ3) is 2.23. The summed E-state index contributed by atoms with van der Waals surface area (Å²) in [6, 6.07) is 1.64. The first-order valence-electron chi connectivity index (χ1n) is 4.98. The molecule has 0 bridgehead atoms. The number of carbonyl (C=O) groups is 1. The number of anilines is 1. The Balaban J connectivity index is 2.11. The van der Waals surface area contributed by atoms with Crippen molar-refractivity contribution < 1.29 is 4.79 Å². The standard InChI is InChI=1S/C11H12ClN3O/c1-7(8-4-14-5-8)11(16)15-10-6-13-3-2-9(10)12/h2-3,6,14H,4-5H2,1H3,(H,15,16). The first-order chi connectivity index (χ1) is 7.68. The minimum atomic E-state index is -0.119. The lowest BCUT2D eigenvalue weighted by molar-refractivity contribution is -0.112. The fourth-order valence-electron chi connectivity index (χ4n) is 1.36. The first kappa shape index (κ1) is 11.1. The van der Waals surface area contributed by atoms with E-state index in [-0.39, 0.29) is 5.91 Å². The molecule has 0 saturated carbocycles. The summed E-state index contributed by atoms with van der Waals surface area (Å²) in [5.41, 5.74) is 2.43. The second kappa shape index (κ2) is 4.63. The van der Waals surface area contributed by atoms with E-state index < -0.39 is 0 Å². The Morgan fingerprint density at radius 1 is 1.56 bits per heavy atom. The van der Waals surface area contributed by atoms with E-state index in [2.05, 4.69) is 15.6 Å². The number of nitrogens with one attached hydrogen (secondary N) is 2. The Hall–Kier alpha value is -1.39. The Labute approximate surface area is 98.7 Å². The number of rotatable bonds is 2. The highest BCUT2D eigenvalue weighted by molar-refractivity contribution is 6.33. The summed E-state index contributed by atoms with van der Waals surface area (Å²) < 4.78 is 0. The van der Waals surface area contributed by atoms with E-state index in [1.807, 2.05) is 6.92 Å². The molecule has 0 radical (unpaired) electrons. The Bertz CT molecular complexity index is 450. The number of aromatic nitrogens is 1. The summed E-state index contributed by atoms with van der Waals surface area (Å²) in [5.74, 6) is -0.119. The van der Waals surface area contributed by atoms with Crippen LogP contribution in [0.15, 0.2) is 29.6 Å². The van der Waals surface area contributed by atoms with E-state index in [1.165, 1.54) is 6.20 Å². The number of halogens is 1. The summed E-state index contributed by atoms with van der Waals surface area (Å²) in [5, 5.41) is 6.33. The van der Waals surface area contributed by atoms with Crippen LogP contribution < -0.4 is 10.6 Å². The van der Waals surface area contributed by atoms with E-state index in [1.54, 1.807) is 12.3 Å². The number of hydrogen-bond donors (Lipinski definition) is 2. The number of amides is 1. The van der Waals surface area contributed by atoms with E-state index in [0.717, 1.165) is 24.2 Å². The second-order valence-electron chi connectivity index (χ2n) is 3.64. The lowest BCUT2D eigenvalue weighted by atomic mass is 10.0. The monoisotopic (exact) mass is 237 g/mol. The molecule has 1 amide bonds. The molecule has 84 valence electrons. The lowest BCUT2D eigenvalue weighted by Crippen LogP contribution is -2.36. The molecule has 1 aromatic heterocycles. The van der Waals surface area contributed by atoms with Crippen molar-refractivity contribution in [2.75, 3.05) is 18.4 Å². The summed E-state index contributed by atoms with van der Waals surface area (Å²) in [6.07, 6.45) is 3.12. The molecule has 0 aliphatic carbocycles. The zero-order valence-electron chi connectivity index (χ0n) is 8.88. The van der Waals surface area contributed by atoms with Crippen molar-refractivity contribution in [3.63, 3.8) is 0 Å². The fraction of sp³-hybridized carbons (Fsp3) is 0.273. The van der Waals surface area contributed by atoms with Crippen LogP contribution in [0.25, 0.3) is 0 Å². The number of carbonyl (C=O) groups excluding carboxylic acids is 1. The molecular formula is C11H12ClN3O. The molecule has 0 unspecified atom stereocenters. The van der Waals surface area contributed by atoms with Crippen LogP contribution in [0.5, 0.6) is 0 Å². The zero-order valence-corrected chi connectivity index (χ0v) is 9.64. The molecule has 1 fully saturated rings. The largest absolute Gasteiger partial charge is 0.320 e. The minimum absolute atomic E-state index is 0.119. The Morgan fingerprint density at radius 3 is 2.88 bits per heavy atom. The maximum absolute atomic E-state index is 11.8. The van der Waals surface area contributed by atoms with E-state index >= 15 is 0 Å². The quantitative estimate of drug-likeness (QED) is 0.769. The molecule has 2 rings (SSSR count). The van der Waals surface area contributed by atoms with Gasteiger partial charge >= 0.3 is 0 Å². The van der Waals surface area contributed by atoms with Gasteiger partial charge in [0.1, 0.15) is 0 Å². The zero-order chi connectivity index (χ0) is 11.5. The van der Waals surface area contributed by atoms with Crippen LogP contribution >= 0.6 is 11.6 Å². The van der Waals surface area contributed by atoms with Crippen LogP contribution in [0.4, 0.5) is 5.69 Å². The average Bonchev–Trinajstić information content (AvgIpc) is 2.18. The number of hydrogen-bond acceptors (Lipinski definition) is 3. The third-order valence-electron chi connectivity index (χ3n) is 2.56. The van der Waals surface area contributed by atoms with Gasteiger partial charge in [0.25, 0.3) is 5.91 Å². The van der Waals surface area contributed by atoms with Crippen LogP contribution in [0.2, 0.25) is 5.02 Å². The molecular weight excluding hydrogens is 226 g/mol. The number of nitrogens with zero attached hydrogens (tertiary/aromatic N) is 1. The average molecular weight is 238 g/mol. The maximum atomic E-state index is 11.8. The lowest BCUT2D eigenvalue weighted by Gasteiger charge is -2.21. The van der Waals surface area contributed by atoms with E-state index in [4.69, 9.17) is 11.6 Å². The van der Waals surface area contributed by atoms with Gasteiger partial charge in [-0.1, -0.05) is 11.6 Å². The third-order valence-corrected chi connectivity index (χ3v) is 2.89. The normalized spacial score (nSPS) is 14.2. The highest BCUT2D eigenvalue weighted by Crippen LogP contribution is 2.20. The Kier molecular flexibility index (Phi) is 3.22. The Morgan fingerprint density at radius 2 is 2.31 bits per heavy atom. The van der Waals surface area contributed by atoms with Gasteiger partial charge in [-0.3, -0.25) is 9.78 Å². The van der Waals surface area contributed by atoms with Gasteiger partial charge in [0, 0.05) is 24.9 Å². The topological polar surface area (TPSA) is 54.0 Å². The first-order valence-corrected chi connectivity index (χ1v) is 5.36. The van der Waals surface area contributed by atoms with Crippen LogP contribution in [0.1, 0.15) is 6.92 Å².